The van der Waals surface area contributed by atoms with Crippen molar-refractivity contribution in [3.05, 3.63) is 27.9 Å². The van der Waals surface area contributed by atoms with Crippen molar-refractivity contribution in [1.82, 2.24) is 4.98 Å². The lowest BCUT2D eigenvalue weighted by atomic mass is 9.97. The van der Waals surface area contributed by atoms with Crippen LogP contribution < -0.4 is 4.90 Å². The normalized spacial score (nSPS) is 16.0. The highest BCUT2D eigenvalue weighted by Crippen LogP contribution is 2.27. The summed E-state index contributed by atoms with van der Waals surface area (Å²) < 4.78 is 5.12. The van der Waals surface area contributed by atoms with Crippen LogP contribution in [0.1, 0.15) is 23.2 Å². The van der Waals surface area contributed by atoms with E-state index in [0.29, 0.717) is 31.4 Å². The van der Waals surface area contributed by atoms with E-state index in [-0.39, 0.29) is 11.3 Å². The van der Waals surface area contributed by atoms with Gasteiger partial charge in [0.1, 0.15) is 17.6 Å². The Balaban J connectivity index is 2.20. The molecule has 0 aliphatic carbocycles. The van der Waals surface area contributed by atoms with E-state index in [0.717, 1.165) is 25.1 Å². The van der Waals surface area contributed by atoms with Crippen LogP contribution in [0.5, 0.6) is 0 Å². The lowest BCUT2D eigenvalue weighted by molar-refractivity contribution is -0.385. The first kappa shape index (κ1) is 15.2. The first-order valence-corrected chi connectivity index (χ1v) is 6.64. The zero-order valence-electron chi connectivity index (χ0n) is 11.7. The Kier molecular flexibility index (Phi) is 4.69. The van der Waals surface area contributed by atoms with Gasteiger partial charge >= 0.3 is 5.97 Å². The number of methoxy groups -OCH3 is 1. The molecule has 1 saturated heterocycles. The number of pyridine rings is 1. The van der Waals surface area contributed by atoms with Crippen molar-refractivity contribution in [3.63, 3.8) is 0 Å². The number of anilines is 1. The lowest BCUT2D eigenvalue weighted by Gasteiger charge is -2.33. The molecule has 0 aromatic carbocycles. The van der Waals surface area contributed by atoms with Gasteiger partial charge in [0.25, 0.3) is 5.69 Å². The molecule has 0 spiro atoms. The first-order chi connectivity index (χ1) is 10.0. The van der Waals surface area contributed by atoms with Gasteiger partial charge in [-0.25, -0.2) is 9.78 Å². The number of nitrogens with zero attached hydrogens (tertiary/aromatic N) is 3. The fourth-order valence-electron chi connectivity index (χ4n) is 2.50. The topological polar surface area (TPSA) is 106 Å². The molecule has 0 atom stereocenters. The second kappa shape index (κ2) is 6.49. The summed E-state index contributed by atoms with van der Waals surface area (Å²) >= 11 is 0. The fraction of sp³-hybridized carbons (Fsp3) is 0.538. The van der Waals surface area contributed by atoms with E-state index in [9.17, 15) is 20.0 Å². The summed E-state index contributed by atoms with van der Waals surface area (Å²) in [5, 5.41) is 20.0. The maximum Gasteiger partial charge on any atom is 0.339 e. The number of carboxylic acid groups (broad SMARTS) is 1. The van der Waals surface area contributed by atoms with Gasteiger partial charge in [0, 0.05) is 32.9 Å². The molecule has 8 heteroatoms. The molecule has 0 amide bonds. The van der Waals surface area contributed by atoms with E-state index in [1.807, 2.05) is 4.90 Å². The van der Waals surface area contributed by atoms with Gasteiger partial charge in [0.05, 0.1) is 4.92 Å². The molecule has 114 valence electrons. The molecule has 1 fully saturated rings. The minimum absolute atomic E-state index is 0.130. The molecule has 21 heavy (non-hydrogen) atoms. The summed E-state index contributed by atoms with van der Waals surface area (Å²) in [4.78, 5) is 27.2. The minimum atomic E-state index is -1.21. The van der Waals surface area contributed by atoms with Crippen molar-refractivity contribution in [3.8, 4) is 0 Å². The molecule has 1 aromatic rings. The van der Waals surface area contributed by atoms with Crippen molar-refractivity contribution in [2.45, 2.75) is 12.8 Å². The fourth-order valence-corrected chi connectivity index (χ4v) is 2.50. The summed E-state index contributed by atoms with van der Waals surface area (Å²) in [6.07, 6.45) is 2.86. The molecule has 2 heterocycles. The van der Waals surface area contributed by atoms with Crippen molar-refractivity contribution < 1.29 is 19.6 Å². The third-order valence-electron chi connectivity index (χ3n) is 3.61. The third-order valence-corrected chi connectivity index (χ3v) is 3.61. The van der Waals surface area contributed by atoms with Gasteiger partial charge in [-0.1, -0.05) is 0 Å². The van der Waals surface area contributed by atoms with Crippen LogP contribution in [0.25, 0.3) is 0 Å². The highest BCUT2D eigenvalue weighted by atomic mass is 16.6. The number of aromatic nitrogens is 1. The number of piperidine rings is 1. The van der Waals surface area contributed by atoms with Gasteiger partial charge in [-0.05, 0) is 18.8 Å². The first-order valence-electron chi connectivity index (χ1n) is 6.64. The summed E-state index contributed by atoms with van der Waals surface area (Å²) in [5.74, 6) is -0.457. The van der Waals surface area contributed by atoms with Crippen molar-refractivity contribution in [2.75, 3.05) is 31.7 Å². The average Bonchev–Trinajstić information content (AvgIpc) is 2.47. The van der Waals surface area contributed by atoms with Crippen LogP contribution in [-0.2, 0) is 4.74 Å². The van der Waals surface area contributed by atoms with Crippen LogP contribution in [0.4, 0.5) is 11.5 Å². The number of hydrogen-bond donors (Lipinski definition) is 1. The van der Waals surface area contributed by atoms with E-state index in [2.05, 4.69) is 4.98 Å². The van der Waals surface area contributed by atoms with E-state index in [4.69, 9.17) is 4.74 Å². The Morgan fingerprint density at radius 2 is 2.24 bits per heavy atom. The van der Waals surface area contributed by atoms with Crippen LogP contribution in [-0.4, -0.2) is 47.8 Å². The second-order valence-corrected chi connectivity index (χ2v) is 5.01. The summed E-state index contributed by atoms with van der Waals surface area (Å²) in [6, 6.07) is 1.06. The number of rotatable bonds is 5. The Bertz CT molecular complexity index is 541. The highest BCUT2D eigenvalue weighted by molar-refractivity contribution is 5.94. The zero-order chi connectivity index (χ0) is 15.4. The molecule has 0 radical (unpaired) electrons. The summed E-state index contributed by atoms with van der Waals surface area (Å²) in [5.41, 5.74) is -0.445. The number of ether oxygens (including phenoxy) is 1. The molecular weight excluding hydrogens is 278 g/mol. The van der Waals surface area contributed by atoms with Crippen LogP contribution in [0.2, 0.25) is 0 Å². The molecule has 1 aromatic heterocycles. The SMILES string of the molecule is COCC1CCN(c2ncc([N+](=O)[O-])cc2C(=O)O)CC1. The minimum Gasteiger partial charge on any atom is -0.478 e. The third kappa shape index (κ3) is 3.46. The smallest absolute Gasteiger partial charge is 0.339 e. The van der Waals surface area contributed by atoms with Gasteiger partial charge in [-0.3, -0.25) is 10.1 Å². The highest BCUT2D eigenvalue weighted by Gasteiger charge is 2.25. The molecule has 2 rings (SSSR count). The molecule has 1 aliphatic rings. The van der Waals surface area contributed by atoms with Crippen molar-refractivity contribution in [2.24, 2.45) is 5.92 Å². The van der Waals surface area contributed by atoms with E-state index < -0.39 is 10.9 Å². The number of aromatic carboxylic acids is 1. The average molecular weight is 295 g/mol. The maximum absolute atomic E-state index is 11.3. The lowest BCUT2D eigenvalue weighted by Crippen LogP contribution is -2.36. The van der Waals surface area contributed by atoms with E-state index in [1.54, 1.807) is 7.11 Å². The maximum atomic E-state index is 11.3. The number of nitro groups is 1. The van der Waals surface area contributed by atoms with Gasteiger partial charge in [0.15, 0.2) is 0 Å². The Hall–Kier alpha value is -2.22. The molecule has 0 unspecified atom stereocenters. The van der Waals surface area contributed by atoms with Gasteiger partial charge in [-0.15, -0.1) is 0 Å². The molecule has 1 N–H and O–H groups in total. The predicted octanol–water partition coefficient (Wildman–Crippen LogP) is 1.55. The van der Waals surface area contributed by atoms with Gasteiger partial charge < -0.3 is 14.7 Å². The molecule has 8 nitrogen and oxygen atoms in total. The van der Waals surface area contributed by atoms with Crippen LogP contribution in [0, 0.1) is 16.0 Å². The Labute approximate surface area is 121 Å². The van der Waals surface area contributed by atoms with Gasteiger partial charge in [0.2, 0.25) is 0 Å². The van der Waals surface area contributed by atoms with Crippen molar-refractivity contribution in [1.29, 1.82) is 0 Å². The molecule has 1 aliphatic heterocycles. The number of hydrogen-bond acceptors (Lipinski definition) is 6. The standard InChI is InChI=1S/C13H17N3O5/c1-21-8-9-2-4-15(5-3-9)12-11(13(17)18)6-10(7-14-12)16(19)20/h6-7,9H,2-5,8H2,1H3,(H,17,18). The molecule has 0 saturated carbocycles. The quantitative estimate of drug-likeness (QED) is 0.648. The molecule has 0 bridgehead atoms. The Morgan fingerprint density at radius 3 is 2.76 bits per heavy atom. The van der Waals surface area contributed by atoms with E-state index in [1.165, 1.54) is 0 Å². The van der Waals surface area contributed by atoms with Crippen molar-refractivity contribution >= 4 is 17.5 Å². The number of carboxylic acids is 1. The number of carbonyl (C=O) groups is 1. The summed E-state index contributed by atoms with van der Waals surface area (Å²) in [7, 11) is 1.66. The summed E-state index contributed by atoms with van der Waals surface area (Å²) in [6.45, 7) is 2.02. The predicted molar refractivity (Wildman–Crippen MR) is 74.7 cm³/mol. The Morgan fingerprint density at radius 1 is 1.57 bits per heavy atom. The largest absolute Gasteiger partial charge is 0.478 e. The van der Waals surface area contributed by atoms with Crippen LogP contribution >= 0.6 is 0 Å². The van der Waals surface area contributed by atoms with Crippen LogP contribution in [0.15, 0.2) is 12.3 Å². The van der Waals surface area contributed by atoms with Gasteiger partial charge in [-0.2, -0.15) is 0 Å². The monoisotopic (exact) mass is 295 g/mol. The second-order valence-electron chi connectivity index (χ2n) is 5.01. The zero-order valence-corrected chi connectivity index (χ0v) is 11.7. The molecular formula is C13H17N3O5. The van der Waals surface area contributed by atoms with E-state index >= 15 is 0 Å². The van der Waals surface area contributed by atoms with Crippen LogP contribution in [0.3, 0.4) is 0 Å².